The quantitative estimate of drug-likeness (QED) is 0.627. The molecule has 0 bridgehead atoms. The molecule has 60 valence electrons. The summed E-state index contributed by atoms with van der Waals surface area (Å²) in [7, 11) is 0. The predicted molar refractivity (Wildman–Crippen MR) is 45.7 cm³/mol. The van der Waals surface area contributed by atoms with Crippen LogP contribution in [-0.2, 0) is 0 Å². The van der Waals surface area contributed by atoms with Gasteiger partial charge in [-0.2, -0.15) is 0 Å². The summed E-state index contributed by atoms with van der Waals surface area (Å²) in [5, 5.41) is 0. The third kappa shape index (κ3) is 1.06. The van der Waals surface area contributed by atoms with Crippen molar-refractivity contribution in [1.82, 2.24) is 0 Å². The van der Waals surface area contributed by atoms with Crippen molar-refractivity contribution in [3.8, 4) is 0 Å². The first-order valence-corrected chi connectivity index (χ1v) is 4.10. The van der Waals surface area contributed by atoms with E-state index in [1.807, 2.05) is 0 Å². The van der Waals surface area contributed by atoms with Crippen LogP contribution >= 0.6 is 11.3 Å². The first-order valence-electron chi connectivity index (χ1n) is 3.28. The van der Waals surface area contributed by atoms with Crippen molar-refractivity contribution in [1.29, 1.82) is 0 Å². The molecule has 1 aromatic heterocycles. The molecule has 0 saturated carbocycles. The van der Waals surface area contributed by atoms with Gasteiger partial charge in [0.15, 0.2) is 0 Å². The molecular formula is C8H4O3S. The summed E-state index contributed by atoms with van der Waals surface area (Å²) < 4.78 is 5.58. The number of rotatable bonds is 1. The van der Waals surface area contributed by atoms with Gasteiger partial charge < -0.3 is 4.42 Å². The lowest BCUT2D eigenvalue weighted by Crippen LogP contribution is -1.80. The van der Waals surface area contributed by atoms with Crippen molar-refractivity contribution in [2.24, 2.45) is 0 Å². The zero-order chi connectivity index (χ0) is 8.55. The van der Waals surface area contributed by atoms with Gasteiger partial charge in [0.05, 0.1) is 4.70 Å². The average molecular weight is 180 g/mol. The van der Waals surface area contributed by atoms with E-state index in [4.69, 9.17) is 4.42 Å². The van der Waals surface area contributed by atoms with Gasteiger partial charge in [0.25, 0.3) is 0 Å². The minimum Gasteiger partial charge on any atom is -0.414 e. The molecule has 0 N–H and O–H groups in total. The highest BCUT2D eigenvalue weighted by atomic mass is 32.1. The normalized spacial score (nSPS) is 10.3. The molecular weight excluding hydrogens is 176 g/mol. The lowest BCUT2D eigenvalue weighted by molar-refractivity contribution is 0.112. The maximum absolute atomic E-state index is 10.8. The van der Waals surface area contributed by atoms with Crippen LogP contribution in [0.25, 0.3) is 10.3 Å². The molecule has 1 heterocycles. The Morgan fingerprint density at radius 2 is 2.25 bits per heavy atom. The van der Waals surface area contributed by atoms with Gasteiger partial charge in [0.1, 0.15) is 11.9 Å². The van der Waals surface area contributed by atoms with Gasteiger partial charge in [-0.25, -0.2) is 4.79 Å². The van der Waals surface area contributed by atoms with E-state index in [9.17, 15) is 9.59 Å². The summed E-state index contributed by atoms with van der Waals surface area (Å²) in [4.78, 5) is 20.8. The first-order chi connectivity index (χ1) is 5.79. The van der Waals surface area contributed by atoms with Crippen molar-refractivity contribution >= 4 is 27.9 Å². The Morgan fingerprint density at radius 1 is 1.42 bits per heavy atom. The Hall–Kier alpha value is -1.42. The molecule has 0 atom stereocenters. The van der Waals surface area contributed by atoms with Gasteiger partial charge in [-0.15, -0.1) is 0 Å². The second-order valence-electron chi connectivity index (χ2n) is 2.28. The minimum absolute atomic E-state index is 0.340. The fourth-order valence-electron chi connectivity index (χ4n) is 0.962. The predicted octanol–water partition coefficient (Wildman–Crippen LogP) is 1.67. The highest BCUT2D eigenvalue weighted by molar-refractivity contribution is 7.16. The summed E-state index contributed by atoms with van der Waals surface area (Å²) in [6.45, 7) is 0. The van der Waals surface area contributed by atoms with Crippen molar-refractivity contribution in [3.05, 3.63) is 33.5 Å². The molecule has 0 fully saturated rings. The van der Waals surface area contributed by atoms with E-state index >= 15 is 0 Å². The van der Waals surface area contributed by atoms with Gasteiger partial charge in [0, 0.05) is 5.56 Å². The van der Waals surface area contributed by atoms with Gasteiger partial charge in [-0.3, -0.25) is 4.79 Å². The summed E-state index contributed by atoms with van der Waals surface area (Å²) >= 11 is 1.03. The highest BCUT2D eigenvalue weighted by Gasteiger charge is 2.01. The second kappa shape index (κ2) is 2.57. The SMILES string of the molecule is O=Cc1ccc2sc(=O)oc2c1. The van der Waals surface area contributed by atoms with E-state index in [1.54, 1.807) is 18.2 Å². The van der Waals surface area contributed by atoms with Crippen LogP contribution in [0.5, 0.6) is 0 Å². The lowest BCUT2D eigenvalue weighted by Gasteiger charge is -1.86. The first kappa shape index (κ1) is 7.24. The maximum Gasteiger partial charge on any atom is 0.396 e. The van der Waals surface area contributed by atoms with Crippen LogP contribution in [0, 0.1) is 0 Å². The fourth-order valence-corrected chi connectivity index (χ4v) is 1.61. The number of hydrogen-bond donors (Lipinski definition) is 0. The van der Waals surface area contributed by atoms with Crippen LogP contribution < -0.4 is 4.94 Å². The Balaban J connectivity index is 2.82. The molecule has 0 unspecified atom stereocenters. The third-order valence-corrected chi connectivity index (χ3v) is 2.30. The standard InChI is InChI=1S/C8H4O3S/c9-4-5-1-2-7-6(3-5)11-8(10)12-7/h1-4H. The number of benzene rings is 1. The topological polar surface area (TPSA) is 47.3 Å². The summed E-state index contributed by atoms with van der Waals surface area (Å²) in [5.74, 6) is 0. The van der Waals surface area contributed by atoms with E-state index < -0.39 is 0 Å². The number of aldehydes is 1. The van der Waals surface area contributed by atoms with Crippen molar-refractivity contribution in [2.75, 3.05) is 0 Å². The molecule has 2 aromatic rings. The van der Waals surface area contributed by atoms with Crippen LogP contribution in [0.1, 0.15) is 10.4 Å². The Labute approximate surface area is 71.2 Å². The summed E-state index contributed by atoms with van der Waals surface area (Å²) in [5.41, 5.74) is 0.999. The highest BCUT2D eigenvalue weighted by Crippen LogP contribution is 2.17. The monoisotopic (exact) mass is 180 g/mol. The van der Waals surface area contributed by atoms with Crippen molar-refractivity contribution in [2.45, 2.75) is 0 Å². The molecule has 0 amide bonds. The molecule has 12 heavy (non-hydrogen) atoms. The molecule has 0 spiro atoms. The van der Waals surface area contributed by atoms with Gasteiger partial charge in [-0.1, -0.05) is 17.4 Å². The van der Waals surface area contributed by atoms with E-state index in [2.05, 4.69) is 0 Å². The minimum atomic E-state index is -0.340. The van der Waals surface area contributed by atoms with E-state index in [1.165, 1.54) is 0 Å². The number of hydrogen-bond acceptors (Lipinski definition) is 4. The van der Waals surface area contributed by atoms with Gasteiger partial charge >= 0.3 is 4.94 Å². The molecule has 2 rings (SSSR count). The Bertz CT molecular complexity index is 480. The lowest BCUT2D eigenvalue weighted by atomic mass is 10.2. The van der Waals surface area contributed by atoms with E-state index in [-0.39, 0.29) is 4.94 Å². The average Bonchev–Trinajstić information content (AvgIpc) is 2.43. The summed E-state index contributed by atoms with van der Waals surface area (Å²) in [6, 6.07) is 4.91. The van der Waals surface area contributed by atoms with Crippen LogP contribution in [-0.4, -0.2) is 6.29 Å². The molecule has 0 aliphatic heterocycles. The third-order valence-electron chi connectivity index (χ3n) is 1.49. The molecule has 0 radical (unpaired) electrons. The number of carbonyl (C=O) groups excluding carboxylic acids is 1. The molecule has 1 aromatic carbocycles. The van der Waals surface area contributed by atoms with Gasteiger partial charge in [0.2, 0.25) is 0 Å². The van der Waals surface area contributed by atoms with Crippen molar-refractivity contribution in [3.63, 3.8) is 0 Å². The van der Waals surface area contributed by atoms with Crippen LogP contribution in [0.3, 0.4) is 0 Å². The van der Waals surface area contributed by atoms with Crippen molar-refractivity contribution < 1.29 is 9.21 Å². The number of fused-ring (bicyclic) bond motifs is 1. The van der Waals surface area contributed by atoms with E-state index in [0.717, 1.165) is 22.3 Å². The van der Waals surface area contributed by atoms with Crippen LogP contribution in [0.15, 0.2) is 27.4 Å². The molecule has 0 aliphatic carbocycles. The zero-order valence-corrected chi connectivity index (χ0v) is 6.76. The fraction of sp³-hybridized carbons (Fsp3) is 0. The summed E-state index contributed by atoms with van der Waals surface area (Å²) in [6.07, 6.45) is 0.719. The largest absolute Gasteiger partial charge is 0.414 e. The smallest absolute Gasteiger partial charge is 0.396 e. The second-order valence-corrected chi connectivity index (χ2v) is 3.26. The number of carbonyl (C=O) groups is 1. The zero-order valence-electron chi connectivity index (χ0n) is 5.94. The van der Waals surface area contributed by atoms with Crippen LogP contribution in [0.4, 0.5) is 0 Å². The maximum atomic E-state index is 10.8. The van der Waals surface area contributed by atoms with E-state index in [0.29, 0.717) is 11.1 Å². The molecule has 0 aliphatic rings. The molecule has 0 saturated heterocycles. The Morgan fingerprint density at radius 3 is 3.00 bits per heavy atom. The Kier molecular flexibility index (Phi) is 1.55. The van der Waals surface area contributed by atoms with Gasteiger partial charge in [-0.05, 0) is 12.1 Å². The van der Waals surface area contributed by atoms with Crippen LogP contribution in [0.2, 0.25) is 0 Å². The molecule has 3 nitrogen and oxygen atoms in total. The molecule has 4 heteroatoms.